The second kappa shape index (κ2) is 8.86. The van der Waals surface area contributed by atoms with Gasteiger partial charge in [-0.05, 0) is 6.54 Å². The van der Waals surface area contributed by atoms with E-state index in [1.807, 2.05) is 0 Å². The summed E-state index contributed by atoms with van der Waals surface area (Å²) in [5, 5.41) is 0.308. The molecule has 7 N–H and O–H groups in total. The molecular formula is C8H12F13N2O4P. The highest BCUT2D eigenvalue weighted by Crippen LogP contribution is 2.59. The van der Waals surface area contributed by atoms with Crippen molar-refractivity contribution in [2.24, 2.45) is 0 Å². The summed E-state index contributed by atoms with van der Waals surface area (Å²) in [4.78, 5) is 21.6. The lowest BCUT2D eigenvalue weighted by molar-refractivity contribution is -0.442. The van der Waals surface area contributed by atoms with Crippen LogP contribution in [0.5, 0.6) is 0 Å². The van der Waals surface area contributed by atoms with Gasteiger partial charge in [0.25, 0.3) is 0 Å². The van der Waals surface area contributed by atoms with Crippen LogP contribution in [0.3, 0.4) is 0 Å². The third-order valence-corrected chi connectivity index (χ3v) is 2.33. The van der Waals surface area contributed by atoms with Gasteiger partial charge in [-0.2, -0.15) is 57.1 Å². The summed E-state index contributed by atoms with van der Waals surface area (Å²) in [5.74, 6) is -30.5. The monoisotopic (exact) mass is 478 g/mol. The van der Waals surface area contributed by atoms with E-state index >= 15 is 0 Å². The minimum absolute atomic E-state index is 0. The van der Waals surface area contributed by atoms with Gasteiger partial charge in [0.15, 0.2) is 0 Å². The van der Waals surface area contributed by atoms with Gasteiger partial charge in [0, 0.05) is 0 Å². The van der Waals surface area contributed by atoms with Crippen LogP contribution in [-0.4, -0.2) is 57.1 Å². The van der Waals surface area contributed by atoms with Crippen LogP contribution in [0.15, 0.2) is 0 Å². The zero-order chi connectivity index (χ0) is 22.9. The van der Waals surface area contributed by atoms with Crippen molar-refractivity contribution in [3.8, 4) is 0 Å². The van der Waals surface area contributed by atoms with E-state index in [4.69, 9.17) is 19.2 Å². The maximum Gasteiger partial charge on any atom is 0.466 e. The Morgan fingerprint density at radius 2 is 0.929 bits per heavy atom. The smallest absolute Gasteiger partial charge is 0.344 e. The third kappa shape index (κ3) is 6.31. The molecule has 0 aliphatic carbocycles. The van der Waals surface area contributed by atoms with Crippen LogP contribution in [0.4, 0.5) is 57.1 Å². The van der Waals surface area contributed by atoms with Gasteiger partial charge in [0.05, 0.1) is 0 Å². The van der Waals surface area contributed by atoms with Crippen molar-refractivity contribution < 1.29 is 76.3 Å². The number of alkyl halides is 13. The van der Waals surface area contributed by atoms with Crippen molar-refractivity contribution >= 4 is 7.82 Å². The van der Waals surface area contributed by atoms with Crippen molar-refractivity contribution in [1.82, 2.24) is 11.5 Å². The van der Waals surface area contributed by atoms with Crippen LogP contribution >= 0.6 is 7.82 Å². The highest BCUT2D eigenvalue weighted by Gasteiger charge is 2.90. The first kappa shape index (κ1) is 31.8. The van der Waals surface area contributed by atoms with Gasteiger partial charge in [0.1, 0.15) is 0 Å². The molecule has 0 fully saturated rings. The average molecular weight is 478 g/mol. The van der Waals surface area contributed by atoms with Crippen LogP contribution in [-0.2, 0) is 4.57 Å². The number of rotatable bonds is 6. The second-order valence-corrected chi connectivity index (χ2v) is 5.44. The first-order valence-electron chi connectivity index (χ1n) is 5.80. The van der Waals surface area contributed by atoms with Gasteiger partial charge < -0.3 is 20.8 Å². The molecule has 0 aromatic rings. The molecule has 0 aromatic carbocycles. The summed E-state index contributed by atoms with van der Waals surface area (Å²) < 4.78 is 171. The highest BCUT2D eigenvalue weighted by atomic mass is 31.2. The molecule has 0 aliphatic heterocycles. The molecular weight excluding hydrogens is 466 g/mol. The van der Waals surface area contributed by atoms with Crippen molar-refractivity contribution in [2.75, 3.05) is 6.54 Å². The van der Waals surface area contributed by atoms with E-state index in [0.29, 0.717) is 12.2 Å². The Morgan fingerprint density at radius 1 is 0.679 bits per heavy atom. The molecule has 6 nitrogen and oxygen atoms in total. The van der Waals surface area contributed by atoms with Crippen LogP contribution in [0.25, 0.3) is 0 Å². The molecule has 0 aliphatic rings. The van der Waals surface area contributed by atoms with E-state index in [-0.39, 0.29) is 6.15 Å². The zero-order valence-electron chi connectivity index (χ0n) is 13.0. The minimum atomic E-state index is -7.85. The largest absolute Gasteiger partial charge is 0.466 e. The molecule has 0 saturated carbocycles. The molecule has 0 atom stereocenters. The maximum atomic E-state index is 12.8. The molecule has 0 heterocycles. The molecule has 0 saturated heterocycles. The van der Waals surface area contributed by atoms with Crippen molar-refractivity contribution in [2.45, 2.75) is 42.8 Å². The summed E-state index contributed by atoms with van der Waals surface area (Å²) in [6.07, 6.45) is -7.39. The first-order chi connectivity index (χ1) is 11.3. The van der Waals surface area contributed by atoms with Gasteiger partial charge in [-0.3, -0.25) is 5.32 Å². The predicted molar refractivity (Wildman–Crippen MR) is 63.8 cm³/mol. The quantitative estimate of drug-likeness (QED) is 0.226. The third-order valence-electron chi connectivity index (χ3n) is 2.33. The van der Waals surface area contributed by atoms with Crippen LogP contribution < -0.4 is 11.5 Å². The summed E-state index contributed by atoms with van der Waals surface area (Å²) in [7, 11) is -4.64. The Bertz CT molecular complexity index is 539. The van der Waals surface area contributed by atoms with Gasteiger partial charge in [-0.1, -0.05) is 6.92 Å². The van der Waals surface area contributed by atoms with Crippen LogP contribution in [0.2, 0.25) is 0 Å². The molecule has 0 aromatic heterocycles. The van der Waals surface area contributed by atoms with Gasteiger partial charge >= 0.3 is 43.7 Å². The lowest BCUT2D eigenvalue weighted by Gasteiger charge is -2.39. The molecule has 174 valence electrons. The Kier molecular flexibility index (Phi) is 10.1. The maximum absolute atomic E-state index is 12.8. The Labute approximate surface area is 146 Å². The molecule has 0 unspecified atom stereocenters. The normalized spacial score (nSPS) is 14.8. The van der Waals surface area contributed by atoms with E-state index in [9.17, 15) is 57.1 Å². The highest BCUT2D eigenvalue weighted by molar-refractivity contribution is 7.45. The van der Waals surface area contributed by atoms with E-state index in [1.54, 1.807) is 0 Å². The van der Waals surface area contributed by atoms with Crippen molar-refractivity contribution in [1.29, 1.82) is 0 Å². The Morgan fingerprint density at radius 3 is 1.14 bits per heavy atom. The number of halogens is 13. The minimum Gasteiger partial charge on any atom is -0.344 e. The number of phosphoric acid groups is 1. The molecule has 0 spiro atoms. The average Bonchev–Trinajstić information content (AvgIpc) is 2.34. The lowest BCUT2D eigenvalue weighted by atomic mass is 9.96. The SMILES string of the molecule is CCNC(F)(F)C(F)(F)C(F)(F)C(F)(F)C(F)(F)C(F)(F)F.N.O=P(O)(O)O. The fourth-order valence-electron chi connectivity index (χ4n) is 1.10. The number of hydrogen-bond acceptors (Lipinski definition) is 3. The topological polar surface area (TPSA) is 125 Å². The summed E-state index contributed by atoms with van der Waals surface area (Å²) in [6.45, 7) is -0.579. The molecule has 0 rings (SSSR count). The van der Waals surface area contributed by atoms with Crippen molar-refractivity contribution in [3.05, 3.63) is 0 Å². The number of nitrogens with one attached hydrogen (secondary N) is 1. The zero-order valence-corrected chi connectivity index (χ0v) is 13.9. The summed E-state index contributed by atoms with van der Waals surface area (Å²) in [6, 6.07) is -6.18. The van der Waals surface area contributed by atoms with E-state index in [2.05, 4.69) is 0 Å². The van der Waals surface area contributed by atoms with E-state index < -0.39 is 50.3 Å². The second-order valence-electron chi connectivity index (χ2n) is 4.41. The molecule has 28 heavy (non-hydrogen) atoms. The first-order valence-corrected chi connectivity index (χ1v) is 7.37. The van der Waals surface area contributed by atoms with Gasteiger partial charge in [0.2, 0.25) is 0 Å². The molecule has 0 radical (unpaired) electrons. The van der Waals surface area contributed by atoms with E-state index in [0.717, 1.165) is 0 Å². The standard InChI is InChI=1S/C8H6F13N.H3N.H3O4P/c1-2-22-8(20,21)6(15,16)4(11,12)3(9,10)5(13,14)7(17,18)19;;1-5(2,3)4/h22H,2H2,1H3;1H3;(H3,1,2,3,4). The Hall–Kier alpha value is -0.880. The fraction of sp³-hybridized carbons (Fsp3) is 1.00. The number of hydrogen-bond donors (Lipinski definition) is 5. The summed E-state index contributed by atoms with van der Waals surface area (Å²) in [5.41, 5.74) is 0. The molecule has 0 amide bonds. The summed E-state index contributed by atoms with van der Waals surface area (Å²) >= 11 is 0. The van der Waals surface area contributed by atoms with Gasteiger partial charge in [-0.25, -0.2) is 4.57 Å². The molecule has 0 bridgehead atoms. The van der Waals surface area contributed by atoms with Crippen molar-refractivity contribution in [3.63, 3.8) is 0 Å². The van der Waals surface area contributed by atoms with Crippen LogP contribution in [0, 0.1) is 0 Å². The fourth-order valence-corrected chi connectivity index (χ4v) is 1.10. The van der Waals surface area contributed by atoms with Gasteiger partial charge in [-0.15, -0.1) is 0 Å². The lowest BCUT2D eigenvalue weighted by Crippen LogP contribution is -2.72. The molecule has 20 heteroatoms. The van der Waals surface area contributed by atoms with E-state index in [1.165, 1.54) is 0 Å². The van der Waals surface area contributed by atoms with Crippen LogP contribution in [0.1, 0.15) is 6.92 Å². The Balaban J connectivity index is -0.000000918. The predicted octanol–water partition coefficient (Wildman–Crippen LogP) is 3.53.